The minimum atomic E-state index is 0.0343. The average molecular weight is 349 g/mol. The molecule has 0 atom stereocenters. The van der Waals surface area contributed by atoms with Crippen LogP contribution >= 0.6 is 11.6 Å². The van der Waals surface area contributed by atoms with Crippen molar-refractivity contribution in [2.24, 2.45) is 5.92 Å². The second-order valence-corrected chi connectivity index (χ2v) is 6.62. The van der Waals surface area contributed by atoms with E-state index in [2.05, 4.69) is 10.2 Å². The van der Waals surface area contributed by atoms with Gasteiger partial charge >= 0.3 is 0 Å². The van der Waals surface area contributed by atoms with Crippen LogP contribution in [0.3, 0.4) is 0 Å². The lowest BCUT2D eigenvalue weighted by Crippen LogP contribution is -2.41. The molecule has 7 heteroatoms. The van der Waals surface area contributed by atoms with Crippen LogP contribution in [0, 0.1) is 12.8 Å². The smallest absolute Gasteiger partial charge is 0.260 e. The van der Waals surface area contributed by atoms with Crippen molar-refractivity contribution >= 4 is 17.5 Å². The summed E-state index contributed by atoms with van der Waals surface area (Å²) in [5.74, 6) is 1.30. The first kappa shape index (κ1) is 16.8. The maximum Gasteiger partial charge on any atom is 0.260 e. The molecule has 128 valence electrons. The number of likely N-dealkylation sites (tertiary alicyclic amines) is 1. The monoisotopic (exact) mass is 348 g/mol. The fourth-order valence-electron chi connectivity index (χ4n) is 2.99. The Morgan fingerprint density at radius 2 is 2.00 bits per heavy atom. The van der Waals surface area contributed by atoms with Gasteiger partial charge in [-0.05, 0) is 49.4 Å². The molecule has 0 saturated carbocycles. The van der Waals surface area contributed by atoms with Crippen LogP contribution in [0.25, 0.3) is 0 Å². The Morgan fingerprint density at radius 3 is 2.67 bits per heavy atom. The predicted octanol–water partition coefficient (Wildman–Crippen LogP) is 2.56. The van der Waals surface area contributed by atoms with E-state index in [0.717, 1.165) is 38.0 Å². The first-order valence-electron chi connectivity index (χ1n) is 8.11. The van der Waals surface area contributed by atoms with Gasteiger partial charge in [0.05, 0.1) is 0 Å². The van der Waals surface area contributed by atoms with Crippen molar-refractivity contribution in [1.29, 1.82) is 0 Å². The molecular weight excluding hydrogens is 328 g/mol. The molecule has 24 heavy (non-hydrogen) atoms. The van der Waals surface area contributed by atoms with E-state index in [4.69, 9.17) is 16.3 Å². The van der Waals surface area contributed by atoms with Gasteiger partial charge in [0.2, 0.25) is 0 Å². The highest BCUT2D eigenvalue weighted by atomic mass is 35.5. The van der Waals surface area contributed by atoms with E-state index < -0.39 is 0 Å². The third-order valence-electron chi connectivity index (χ3n) is 4.39. The summed E-state index contributed by atoms with van der Waals surface area (Å²) in [6, 6.07) is 5.40. The Labute approximate surface area is 146 Å². The number of nitrogens with zero attached hydrogens (tertiary/aromatic N) is 4. The maximum absolute atomic E-state index is 12.3. The lowest BCUT2D eigenvalue weighted by atomic mass is 9.97. The third kappa shape index (κ3) is 4.26. The zero-order valence-corrected chi connectivity index (χ0v) is 14.4. The fraction of sp³-hybridized carbons (Fsp3) is 0.471. The molecule has 6 nitrogen and oxygen atoms in total. The van der Waals surface area contributed by atoms with Gasteiger partial charge in [-0.25, -0.2) is 0 Å². The van der Waals surface area contributed by atoms with Gasteiger partial charge in [0, 0.05) is 24.7 Å². The summed E-state index contributed by atoms with van der Waals surface area (Å²) < 4.78 is 7.64. The van der Waals surface area contributed by atoms with Gasteiger partial charge in [-0.3, -0.25) is 4.79 Å². The van der Waals surface area contributed by atoms with Crippen molar-refractivity contribution in [2.45, 2.75) is 26.3 Å². The van der Waals surface area contributed by atoms with Crippen molar-refractivity contribution in [2.75, 3.05) is 19.7 Å². The number of carbonyl (C=O) groups is 1. The van der Waals surface area contributed by atoms with E-state index in [1.54, 1.807) is 24.8 Å². The van der Waals surface area contributed by atoms with Gasteiger partial charge in [0.25, 0.3) is 5.91 Å². The topological polar surface area (TPSA) is 60.2 Å². The zero-order valence-electron chi connectivity index (χ0n) is 13.7. The molecule has 2 heterocycles. The summed E-state index contributed by atoms with van der Waals surface area (Å²) in [6.07, 6.45) is 5.45. The van der Waals surface area contributed by atoms with Crippen LogP contribution in [0.5, 0.6) is 5.75 Å². The number of ether oxygens (including phenoxy) is 1. The first-order chi connectivity index (χ1) is 11.6. The number of halogens is 1. The van der Waals surface area contributed by atoms with Crippen LogP contribution in [0.4, 0.5) is 0 Å². The van der Waals surface area contributed by atoms with Crippen molar-refractivity contribution in [1.82, 2.24) is 19.7 Å². The molecule has 1 aromatic heterocycles. The molecule has 1 fully saturated rings. The van der Waals surface area contributed by atoms with E-state index in [0.29, 0.717) is 16.7 Å². The highest BCUT2D eigenvalue weighted by Gasteiger charge is 2.23. The molecule has 0 spiro atoms. The molecule has 0 N–H and O–H groups in total. The normalized spacial score (nSPS) is 15.5. The molecular formula is C17H21ClN4O2. The Hall–Kier alpha value is -2.08. The number of rotatable bonds is 5. The van der Waals surface area contributed by atoms with Gasteiger partial charge in [-0.2, -0.15) is 0 Å². The van der Waals surface area contributed by atoms with Gasteiger partial charge in [-0.15, -0.1) is 10.2 Å². The Bertz CT molecular complexity index is 682. The fourth-order valence-corrected chi connectivity index (χ4v) is 3.21. The number of amides is 1. The molecule has 0 bridgehead atoms. The molecule has 1 aliphatic heterocycles. The zero-order chi connectivity index (χ0) is 16.9. The van der Waals surface area contributed by atoms with E-state index in [9.17, 15) is 4.79 Å². The average Bonchev–Trinajstić information content (AvgIpc) is 3.07. The van der Waals surface area contributed by atoms with Crippen LogP contribution in [-0.4, -0.2) is 45.3 Å². The van der Waals surface area contributed by atoms with Gasteiger partial charge in [-0.1, -0.05) is 11.6 Å². The van der Waals surface area contributed by atoms with Crippen LogP contribution in [0.1, 0.15) is 18.4 Å². The van der Waals surface area contributed by atoms with Crippen LogP contribution < -0.4 is 4.74 Å². The Morgan fingerprint density at radius 1 is 1.29 bits per heavy atom. The third-order valence-corrected chi connectivity index (χ3v) is 4.63. The molecule has 1 aromatic carbocycles. The maximum atomic E-state index is 12.3. The minimum absolute atomic E-state index is 0.0343. The second-order valence-electron chi connectivity index (χ2n) is 6.18. The molecule has 3 rings (SSSR count). The lowest BCUT2D eigenvalue weighted by Gasteiger charge is -2.32. The standard InChI is InChI=1S/C17H21ClN4O2/c1-13-8-15(18)2-3-16(13)24-10-17(23)22-6-4-14(5-7-22)9-21-11-19-20-12-21/h2-3,8,11-12,14H,4-7,9-10H2,1H3. The highest BCUT2D eigenvalue weighted by Crippen LogP contribution is 2.22. The highest BCUT2D eigenvalue weighted by molar-refractivity contribution is 6.30. The Balaban J connectivity index is 1.45. The van der Waals surface area contributed by atoms with Gasteiger partial charge in [0.1, 0.15) is 18.4 Å². The SMILES string of the molecule is Cc1cc(Cl)ccc1OCC(=O)N1CCC(Cn2cnnc2)CC1. The summed E-state index contributed by atoms with van der Waals surface area (Å²) in [4.78, 5) is 14.2. The summed E-state index contributed by atoms with van der Waals surface area (Å²) in [5, 5.41) is 8.31. The van der Waals surface area contributed by atoms with Crippen molar-refractivity contribution in [3.63, 3.8) is 0 Å². The van der Waals surface area contributed by atoms with Crippen LogP contribution in [0.15, 0.2) is 30.9 Å². The number of aromatic nitrogens is 3. The van der Waals surface area contributed by atoms with Crippen molar-refractivity contribution in [3.8, 4) is 5.75 Å². The quantitative estimate of drug-likeness (QED) is 0.833. The first-order valence-corrected chi connectivity index (χ1v) is 8.49. The number of benzene rings is 1. The van der Waals surface area contributed by atoms with E-state index >= 15 is 0 Å². The van der Waals surface area contributed by atoms with Crippen molar-refractivity contribution in [3.05, 3.63) is 41.4 Å². The molecule has 0 radical (unpaired) electrons. The summed E-state index contributed by atoms with van der Waals surface area (Å²) >= 11 is 5.93. The molecule has 1 amide bonds. The molecule has 0 aliphatic carbocycles. The summed E-state index contributed by atoms with van der Waals surface area (Å²) in [7, 11) is 0. The lowest BCUT2D eigenvalue weighted by molar-refractivity contribution is -0.134. The van der Waals surface area contributed by atoms with E-state index in [1.807, 2.05) is 22.5 Å². The predicted molar refractivity (Wildman–Crippen MR) is 91.0 cm³/mol. The largest absolute Gasteiger partial charge is 0.483 e. The van der Waals surface area contributed by atoms with Crippen LogP contribution in [0.2, 0.25) is 5.02 Å². The van der Waals surface area contributed by atoms with Gasteiger partial charge < -0.3 is 14.2 Å². The van der Waals surface area contributed by atoms with Crippen molar-refractivity contribution < 1.29 is 9.53 Å². The van der Waals surface area contributed by atoms with E-state index in [1.165, 1.54) is 0 Å². The molecule has 2 aromatic rings. The molecule has 1 aliphatic rings. The minimum Gasteiger partial charge on any atom is -0.483 e. The number of hydrogen-bond donors (Lipinski definition) is 0. The number of aryl methyl sites for hydroxylation is 1. The second kappa shape index (κ2) is 7.66. The van der Waals surface area contributed by atoms with E-state index in [-0.39, 0.29) is 12.5 Å². The Kier molecular flexibility index (Phi) is 5.35. The summed E-state index contributed by atoms with van der Waals surface area (Å²) in [6.45, 7) is 4.44. The number of hydrogen-bond acceptors (Lipinski definition) is 4. The van der Waals surface area contributed by atoms with Gasteiger partial charge in [0.15, 0.2) is 6.61 Å². The molecule has 0 unspecified atom stereocenters. The number of piperidine rings is 1. The summed E-state index contributed by atoms with van der Waals surface area (Å²) in [5.41, 5.74) is 0.933. The number of carbonyl (C=O) groups excluding carboxylic acids is 1. The van der Waals surface area contributed by atoms with Crippen LogP contribution in [-0.2, 0) is 11.3 Å². The molecule has 1 saturated heterocycles.